The van der Waals surface area contributed by atoms with Gasteiger partial charge in [-0.25, -0.2) is 4.98 Å². The number of halogens is 3. The van der Waals surface area contributed by atoms with Crippen LogP contribution in [0.4, 0.5) is 13.2 Å². The van der Waals surface area contributed by atoms with Gasteiger partial charge in [0.2, 0.25) is 0 Å². The van der Waals surface area contributed by atoms with E-state index in [1.807, 2.05) is 60.0 Å². The summed E-state index contributed by atoms with van der Waals surface area (Å²) in [5.74, 6) is 1.69. The van der Waals surface area contributed by atoms with Crippen molar-refractivity contribution in [2.75, 3.05) is 13.2 Å². The fourth-order valence-electron chi connectivity index (χ4n) is 5.39. The number of imidazole rings is 1. The first-order chi connectivity index (χ1) is 19.3. The fourth-order valence-corrected chi connectivity index (χ4v) is 5.39. The van der Waals surface area contributed by atoms with E-state index < -0.39 is 6.36 Å². The number of carbonyl (C=O) groups excluding carboxylic acids is 1. The zero-order valence-corrected chi connectivity index (χ0v) is 22.2. The minimum Gasteiger partial charge on any atom is -0.493 e. The van der Waals surface area contributed by atoms with E-state index in [-0.39, 0.29) is 11.7 Å². The zero-order chi connectivity index (χ0) is 28.1. The van der Waals surface area contributed by atoms with E-state index >= 15 is 0 Å². The Kier molecular flexibility index (Phi) is 8.28. The molecule has 2 atom stereocenters. The van der Waals surface area contributed by atoms with E-state index in [4.69, 9.17) is 14.5 Å². The van der Waals surface area contributed by atoms with Crippen molar-refractivity contribution in [2.45, 2.75) is 45.5 Å². The van der Waals surface area contributed by atoms with E-state index in [0.29, 0.717) is 49.4 Å². The van der Waals surface area contributed by atoms with Gasteiger partial charge in [-0.1, -0.05) is 30.3 Å². The first kappa shape index (κ1) is 27.6. The Balaban J connectivity index is 1.34. The lowest BCUT2D eigenvalue weighted by Gasteiger charge is -2.17. The van der Waals surface area contributed by atoms with Crippen molar-refractivity contribution in [3.8, 4) is 22.9 Å². The first-order valence-electron chi connectivity index (χ1n) is 13.5. The molecule has 0 aliphatic heterocycles. The van der Waals surface area contributed by atoms with Crippen molar-refractivity contribution >= 4 is 17.0 Å². The second-order valence-electron chi connectivity index (χ2n) is 10.1. The Hall–Kier alpha value is -4.01. The van der Waals surface area contributed by atoms with Gasteiger partial charge in [0.05, 0.1) is 30.8 Å². The van der Waals surface area contributed by atoms with Crippen molar-refractivity contribution in [2.24, 2.45) is 11.8 Å². The maximum Gasteiger partial charge on any atom is 0.573 e. The monoisotopic (exact) mass is 552 g/mol. The van der Waals surface area contributed by atoms with Gasteiger partial charge >= 0.3 is 12.3 Å². The van der Waals surface area contributed by atoms with E-state index in [0.717, 1.165) is 41.6 Å². The Morgan fingerprint density at radius 1 is 0.975 bits per heavy atom. The van der Waals surface area contributed by atoms with Crippen LogP contribution in [0.5, 0.6) is 11.5 Å². The molecule has 40 heavy (non-hydrogen) atoms. The van der Waals surface area contributed by atoms with E-state index in [1.165, 1.54) is 12.1 Å². The van der Waals surface area contributed by atoms with Gasteiger partial charge in [0, 0.05) is 17.5 Å². The molecular weight excluding hydrogens is 521 g/mol. The van der Waals surface area contributed by atoms with E-state index in [2.05, 4.69) is 4.74 Å². The van der Waals surface area contributed by atoms with Gasteiger partial charge in [0.1, 0.15) is 17.3 Å². The maximum absolute atomic E-state index is 12.6. The molecule has 0 saturated heterocycles. The quantitative estimate of drug-likeness (QED) is 0.192. The summed E-state index contributed by atoms with van der Waals surface area (Å²) in [6.07, 6.45) is -1.35. The molecule has 0 N–H and O–H groups in total. The Morgan fingerprint density at radius 2 is 1.70 bits per heavy atom. The molecule has 0 bridgehead atoms. The van der Waals surface area contributed by atoms with Gasteiger partial charge < -0.3 is 18.8 Å². The number of hydrogen-bond acceptors (Lipinski definition) is 5. The van der Waals surface area contributed by atoms with Crippen LogP contribution in [-0.2, 0) is 16.1 Å². The minimum absolute atomic E-state index is 0.134. The highest BCUT2D eigenvalue weighted by Gasteiger charge is 2.31. The Bertz CT molecular complexity index is 1450. The van der Waals surface area contributed by atoms with Crippen molar-refractivity contribution in [1.29, 1.82) is 0 Å². The van der Waals surface area contributed by atoms with Crippen LogP contribution in [0.2, 0.25) is 0 Å². The molecule has 4 aromatic rings. The molecule has 1 fully saturated rings. The van der Waals surface area contributed by atoms with Gasteiger partial charge in [-0.05, 0) is 80.5 Å². The lowest BCUT2D eigenvalue weighted by molar-refractivity contribution is -0.274. The van der Waals surface area contributed by atoms with Crippen LogP contribution < -0.4 is 9.47 Å². The normalized spacial score (nSPS) is 17.2. The van der Waals surface area contributed by atoms with Gasteiger partial charge in [-0.15, -0.1) is 13.2 Å². The topological polar surface area (TPSA) is 62.6 Å². The van der Waals surface area contributed by atoms with Gasteiger partial charge in [-0.3, -0.25) is 4.79 Å². The number of alkyl halides is 3. The lowest BCUT2D eigenvalue weighted by atomic mass is 10.0. The van der Waals surface area contributed by atoms with Gasteiger partial charge in [0.25, 0.3) is 0 Å². The molecule has 1 aliphatic rings. The Labute approximate surface area is 230 Å². The van der Waals surface area contributed by atoms with Crippen LogP contribution in [0.3, 0.4) is 0 Å². The number of hydrogen-bond donors (Lipinski definition) is 0. The number of rotatable bonds is 10. The average molecular weight is 553 g/mol. The highest BCUT2D eigenvalue weighted by molar-refractivity contribution is 5.81. The molecule has 0 radical (unpaired) electrons. The predicted molar refractivity (Wildman–Crippen MR) is 145 cm³/mol. The third-order valence-electron chi connectivity index (χ3n) is 7.19. The molecule has 2 unspecified atom stereocenters. The van der Waals surface area contributed by atoms with Crippen molar-refractivity contribution in [1.82, 2.24) is 9.55 Å². The highest BCUT2D eigenvalue weighted by atomic mass is 19.4. The summed E-state index contributed by atoms with van der Waals surface area (Å²) in [5.41, 5.74) is 3.32. The Morgan fingerprint density at radius 3 is 2.48 bits per heavy atom. The lowest BCUT2D eigenvalue weighted by Crippen LogP contribution is -2.17. The smallest absolute Gasteiger partial charge is 0.493 e. The number of aromatic nitrogens is 2. The van der Waals surface area contributed by atoms with E-state index in [9.17, 15) is 18.0 Å². The van der Waals surface area contributed by atoms with Crippen LogP contribution in [0, 0.1) is 11.8 Å². The molecule has 1 aromatic heterocycles. The second-order valence-corrected chi connectivity index (χ2v) is 10.1. The van der Waals surface area contributed by atoms with E-state index in [1.54, 1.807) is 12.1 Å². The summed E-state index contributed by atoms with van der Waals surface area (Å²) in [5, 5.41) is 0. The standard InChI is InChI=1S/C31H31F3N2O4/c1-2-38-29(37)18-21-11-12-22(17-21)20-39-28-10-6-3-7-24(28)19-36-27-9-5-4-8-26(27)35-30(36)23-13-15-25(16-14-23)40-31(32,33)34/h3-10,13-16,21-22H,2,11-12,17-20H2,1H3. The molecule has 210 valence electrons. The fraction of sp³-hybridized carbons (Fsp3) is 0.355. The molecule has 5 rings (SSSR count). The maximum atomic E-state index is 12.6. The van der Waals surface area contributed by atoms with Crippen molar-refractivity contribution < 1.29 is 32.2 Å². The zero-order valence-electron chi connectivity index (χ0n) is 22.2. The third kappa shape index (κ3) is 6.76. The molecule has 0 amide bonds. The molecule has 3 aromatic carbocycles. The number of esters is 1. The minimum atomic E-state index is -4.75. The number of carbonyl (C=O) groups is 1. The number of ether oxygens (including phenoxy) is 3. The van der Waals surface area contributed by atoms with Crippen LogP contribution in [0.25, 0.3) is 22.4 Å². The second kappa shape index (κ2) is 12.0. The summed E-state index contributed by atoms with van der Waals surface area (Å²) in [4.78, 5) is 16.7. The molecule has 9 heteroatoms. The van der Waals surface area contributed by atoms with Crippen molar-refractivity contribution in [3.63, 3.8) is 0 Å². The molecular formula is C31H31F3N2O4. The number of para-hydroxylation sites is 3. The molecule has 1 heterocycles. The highest BCUT2D eigenvalue weighted by Crippen LogP contribution is 2.35. The summed E-state index contributed by atoms with van der Waals surface area (Å²) >= 11 is 0. The third-order valence-corrected chi connectivity index (χ3v) is 7.19. The average Bonchev–Trinajstić information content (AvgIpc) is 3.52. The summed E-state index contributed by atoms with van der Waals surface area (Å²) in [6.45, 7) is 3.25. The summed E-state index contributed by atoms with van der Waals surface area (Å²) < 4.78 is 55.4. The van der Waals surface area contributed by atoms with Crippen LogP contribution >= 0.6 is 0 Å². The molecule has 1 saturated carbocycles. The SMILES string of the molecule is CCOC(=O)CC1CCC(COc2ccccc2Cn2c(-c3ccc(OC(F)(F)F)cc3)nc3ccccc32)C1. The number of fused-ring (bicyclic) bond motifs is 1. The van der Waals surface area contributed by atoms with Gasteiger partial charge in [0.15, 0.2) is 0 Å². The number of nitrogens with zero attached hydrogens (tertiary/aromatic N) is 2. The summed E-state index contributed by atoms with van der Waals surface area (Å²) in [7, 11) is 0. The first-order valence-corrected chi connectivity index (χ1v) is 13.5. The molecule has 1 aliphatic carbocycles. The predicted octanol–water partition coefficient (Wildman–Crippen LogP) is 7.40. The largest absolute Gasteiger partial charge is 0.573 e. The van der Waals surface area contributed by atoms with Crippen molar-refractivity contribution in [3.05, 3.63) is 78.4 Å². The van der Waals surface area contributed by atoms with Gasteiger partial charge in [-0.2, -0.15) is 0 Å². The van der Waals surface area contributed by atoms with Crippen LogP contribution in [-0.4, -0.2) is 35.1 Å². The molecule has 6 nitrogen and oxygen atoms in total. The summed E-state index contributed by atoms with van der Waals surface area (Å²) in [6, 6.07) is 21.3. The molecule has 0 spiro atoms. The van der Waals surface area contributed by atoms with Crippen LogP contribution in [0.15, 0.2) is 72.8 Å². The number of benzene rings is 3. The van der Waals surface area contributed by atoms with Crippen LogP contribution in [0.1, 0.15) is 38.2 Å².